The fraction of sp³-hybridized carbons (Fsp3) is 0.667. The second-order valence-corrected chi connectivity index (χ2v) is 6.84. The Labute approximate surface area is 142 Å². The van der Waals surface area contributed by atoms with Gasteiger partial charge in [0.2, 0.25) is 0 Å². The molecule has 1 aromatic carbocycles. The van der Waals surface area contributed by atoms with E-state index in [4.69, 9.17) is 0 Å². The van der Waals surface area contributed by atoms with E-state index < -0.39 is 11.7 Å². The van der Waals surface area contributed by atoms with Crippen molar-refractivity contribution < 1.29 is 13.2 Å². The molecule has 1 fully saturated rings. The van der Waals surface area contributed by atoms with Gasteiger partial charge in [0, 0.05) is 25.2 Å². The number of hydrogen-bond acceptors (Lipinski definition) is 3. The summed E-state index contributed by atoms with van der Waals surface area (Å²) in [4.78, 5) is 4.71. The van der Waals surface area contributed by atoms with Gasteiger partial charge in [-0.3, -0.25) is 0 Å². The number of hydrogen-bond donors (Lipinski definition) is 1. The molecular weight excluding hydrogens is 315 g/mol. The average Bonchev–Trinajstić information content (AvgIpc) is 2.54. The first-order chi connectivity index (χ1) is 11.3. The number of nitrogens with one attached hydrogen (secondary N) is 1. The Hall–Kier alpha value is -1.11. The van der Waals surface area contributed by atoms with E-state index in [-0.39, 0.29) is 6.04 Å². The monoisotopic (exact) mass is 343 g/mol. The maximum Gasteiger partial charge on any atom is 0.416 e. The minimum atomic E-state index is -4.29. The van der Waals surface area contributed by atoms with Gasteiger partial charge in [-0.25, -0.2) is 0 Å². The summed E-state index contributed by atoms with van der Waals surface area (Å²) in [6, 6.07) is 6.15. The Morgan fingerprint density at radius 2 is 1.92 bits per heavy atom. The minimum absolute atomic E-state index is 0.0911. The lowest BCUT2D eigenvalue weighted by Gasteiger charge is -2.35. The highest BCUT2D eigenvalue weighted by molar-refractivity contribution is 5.27. The molecule has 3 nitrogen and oxygen atoms in total. The number of rotatable bonds is 6. The Kier molecular flexibility index (Phi) is 6.66. The predicted molar refractivity (Wildman–Crippen MR) is 91.0 cm³/mol. The van der Waals surface area contributed by atoms with Crippen molar-refractivity contribution in [2.24, 2.45) is 0 Å². The quantitative estimate of drug-likeness (QED) is 0.854. The van der Waals surface area contributed by atoms with E-state index >= 15 is 0 Å². The molecule has 1 N–H and O–H groups in total. The van der Waals surface area contributed by atoms with Gasteiger partial charge in [-0.15, -0.1) is 0 Å². The smallest absolute Gasteiger partial charge is 0.309 e. The first-order valence-electron chi connectivity index (χ1n) is 8.56. The van der Waals surface area contributed by atoms with Crippen LogP contribution in [0.1, 0.15) is 36.9 Å². The standard InChI is InChI=1S/C18H28F3N3/c1-14(15-5-4-6-16(13-15)18(19,20)21)22-9-12-24-10-7-17(8-11-24)23(2)3/h4-6,13-14,17,22H,7-12H2,1-3H3/t14-/m1/s1. The van der Waals surface area contributed by atoms with Crippen molar-refractivity contribution in [3.63, 3.8) is 0 Å². The van der Waals surface area contributed by atoms with E-state index in [0.717, 1.165) is 32.2 Å². The predicted octanol–water partition coefficient (Wildman–Crippen LogP) is 3.38. The van der Waals surface area contributed by atoms with Crippen LogP contribution in [0.3, 0.4) is 0 Å². The highest BCUT2D eigenvalue weighted by Crippen LogP contribution is 2.30. The third-order valence-corrected chi connectivity index (χ3v) is 4.88. The van der Waals surface area contributed by atoms with E-state index in [9.17, 15) is 13.2 Å². The third kappa shape index (κ3) is 5.46. The van der Waals surface area contributed by atoms with E-state index in [1.807, 2.05) is 6.92 Å². The van der Waals surface area contributed by atoms with Gasteiger partial charge in [-0.2, -0.15) is 13.2 Å². The first-order valence-corrected chi connectivity index (χ1v) is 8.56. The van der Waals surface area contributed by atoms with Gasteiger partial charge in [0.15, 0.2) is 0 Å². The molecule has 1 heterocycles. The van der Waals surface area contributed by atoms with Crippen molar-refractivity contribution in [1.82, 2.24) is 15.1 Å². The topological polar surface area (TPSA) is 18.5 Å². The van der Waals surface area contributed by atoms with Gasteiger partial charge >= 0.3 is 6.18 Å². The Morgan fingerprint density at radius 1 is 1.25 bits per heavy atom. The fourth-order valence-electron chi connectivity index (χ4n) is 3.20. The molecule has 1 saturated heterocycles. The van der Waals surface area contributed by atoms with Crippen molar-refractivity contribution in [3.05, 3.63) is 35.4 Å². The van der Waals surface area contributed by atoms with Crippen LogP contribution in [0.4, 0.5) is 13.2 Å². The number of nitrogens with zero attached hydrogens (tertiary/aromatic N) is 2. The maximum atomic E-state index is 12.8. The molecule has 136 valence electrons. The number of alkyl halides is 3. The summed E-state index contributed by atoms with van der Waals surface area (Å²) in [5, 5.41) is 3.34. The first kappa shape index (κ1) is 19.2. The molecule has 0 unspecified atom stereocenters. The van der Waals surface area contributed by atoms with Gasteiger partial charge in [0.1, 0.15) is 0 Å². The summed E-state index contributed by atoms with van der Waals surface area (Å²) < 4.78 is 38.4. The molecule has 1 aliphatic heterocycles. The van der Waals surface area contributed by atoms with Crippen molar-refractivity contribution >= 4 is 0 Å². The lowest BCUT2D eigenvalue weighted by molar-refractivity contribution is -0.137. The van der Waals surface area contributed by atoms with Crippen LogP contribution in [0.15, 0.2) is 24.3 Å². The number of piperidine rings is 1. The summed E-state index contributed by atoms with van der Waals surface area (Å²) in [6.45, 7) is 5.80. The van der Waals surface area contributed by atoms with Crippen LogP contribution in [0, 0.1) is 0 Å². The summed E-state index contributed by atoms with van der Waals surface area (Å²) in [5.41, 5.74) is 0.0931. The second-order valence-electron chi connectivity index (χ2n) is 6.84. The van der Waals surface area contributed by atoms with Gasteiger partial charge in [-0.1, -0.05) is 12.1 Å². The number of likely N-dealkylation sites (tertiary alicyclic amines) is 1. The molecule has 0 amide bonds. The molecule has 1 aliphatic rings. The largest absolute Gasteiger partial charge is 0.416 e. The molecule has 1 aromatic rings. The zero-order chi connectivity index (χ0) is 17.7. The SMILES string of the molecule is C[C@@H](NCCN1CCC(N(C)C)CC1)c1cccc(C(F)(F)F)c1. The van der Waals surface area contributed by atoms with Gasteiger partial charge in [0.05, 0.1) is 5.56 Å². The van der Waals surface area contributed by atoms with Crippen LogP contribution in [-0.2, 0) is 6.18 Å². The van der Waals surface area contributed by atoms with Crippen LogP contribution in [0.25, 0.3) is 0 Å². The summed E-state index contributed by atoms with van der Waals surface area (Å²) >= 11 is 0. The second kappa shape index (κ2) is 8.32. The fourth-order valence-corrected chi connectivity index (χ4v) is 3.20. The normalized spacial score (nSPS) is 19.0. The molecule has 0 aliphatic carbocycles. The van der Waals surface area contributed by atoms with Crippen molar-refractivity contribution in [3.8, 4) is 0 Å². The van der Waals surface area contributed by atoms with E-state index in [1.165, 1.54) is 25.0 Å². The lowest BCUT2D eigenvalue weighted by atomic mass is 10.0. The van der Waals surface area contributed by atoms with E-state index in [0.29, 0.717) is 11.6 Å². The Morgan fingerprint density at radius 3 is 2.50 bits per heavy atom. The van der Waals surface area contributed by atoms with Crippen molar-refractivity contribution in [2.45, 2.75) is 38.0 Å². The van der Waals surface area contributed by atoms with Crippen LogP contribution < -0.4 is 5.32 Å². The minimum Gasteiger partial charge on any atom is -0.309 e. The van der Waals surface area contributed by atoms with Crippen LogP contribution >= 0.6 is 0 Å². The Balaban J connectivity index is 1.77. The van der Waals surface area contributed by atoms with E-state index in [2.05, 4.69) is 29.2 Å². The van der Waals surface area contributed by atoms with Gasteiger partial charge in [0.25, 0.3) is 0 Å². The summed E-state index contributed by atoms with van der Waals surface area (Å²) in [6.07, 6.45) is -1.93. The molecule has 0 saturated carbocycles. The zero-order valence-electron chi connectivity index (χ0n) is 14.7. The molecule has 0 bridgehead atoms. The summed E-state index contributed by atoms with van der Waals surface area (Å²) in [5.74, 6) is 0. The molecule has 1 atom stereocenters. The zero-order valence-corrected chi connectivity index (χ0v) is 14.7. The number of benzene rings is 1. The summed E-state index contributed by atoms with van der Waals surface area (Å²) in [7, 11) is 4.25. The van der Waals surface area contributed by atoms with Crippen LogP contribution in [-0.4, -0.2) is 56.1 Å². The van der Waals surface area contributed by atoms with Gasteiger partial charge < -0.3 is 15.1 Å². The highest BCUT2D eigenvalue weighted by Gasteiger charge is 2.30. The highest BCUT2D eigenvalue weighted by atomic mass is 19.4. The van der Waals surface area contributed by atoms with Crippen molar-refractivity contribution in [1.29, 1.82) is 0 Å². The van der Waals surface area contributed by atoms with Gasteiger partial charge in [-0.05, 0) is 64.6 Å². The molecule has 0 aromatic heterocycles. The average molecular weight is 343 g/mol. The lowest BCUT2D eigenvalue weighted by Crippen LogP contribution is -2.44. The molecule has 0 radical (unpaired) electrons. The molecule has 6 heteroatoms. The molecular formula is C18H28F3N3. The molecule has 2 rings (SSSR count). The van der Waals surface area contributed by atoms with Crippen LogP contribution in [0.5, 0.6) is 0 Å². The number of halogens is 3. The third-order valence-electron chi connectivity index (χ3n) is 4.88. The van der Waals surface area contributed by atoms with Crippen LogP contribution in [0.2, 0.25) is 0 Å². The van der Waals surface area contributed by atoms with E-state index in [1.54, 1.807) is 6.07 Å². The maximum absolute atomic E-state index is 12.8. The Bertz CT molecular complexity index is 508. The molecule has 24 heavy (non-hydrogen) atoms. The molecule has 0 spiro atoms. The van der Waals surface area contributed by atoms with Crippen molar-refractivity contribution in [2.75, 3.05) is 40.3 Å².